The fourth-order valence-corrected chi connectivity index (χ4v) is 1.55. The van der Waals surface area contributed by atoms with Crippen LogP contribution in [0.5, 0.6) is 0 Å². The number of aromatic nitrogens is 1. The van der Waals surface area contributed by atoms with Crippen LogP contribution in [0.25, 0.3) is 0 Å². The number of pyridine rings is 1. The molecule has 1 heterocycles. The van der Waals surface area contributed by atoms with Crippen LogP contribution in [-0.4, -0.2) is 4.98 Å². The Bertz CT molecular complexity index is 221. The Hall–Kier alpha value is 0.290. The van der Waals surface area contributed by atoms with E-state index in [2.05, 4.69) is 20.9 Å². The summed E-state index contributed by atoms with van der Waals surface area (Å²) in [5.74, 6) is -0.415. The molecule has 0 N–H and O–H groups in total. The average Bonchev–Trinajstić information content (AvgIpc) is 1.85. The molecule has 0 saturated carbocycles. The molecule has 0 amide bonds. The van der Waals surface area contributed by atoms with Crippen LogP contribution >= 0.6 is 38.5 Å². The van der Waals surface area contributed by atoms with E-state index in [1.165, 1.54) is 6.07 Å². The fourth-order valence-electron chi connectivity index (χ4n) is 0.591. The van der Waals surface area contributed by atoms with Crippen molar-refractivity contribution in [1.82, 2.24) is 4.98 Å². The Morgan fingerprint density at radius 2 is 2.30 bits per heavy atom. The van der Waals surface area contributed by atoms with Crippen LogP contribution in [0.15, 0.2) is 12.1 Å². The van der Waals surface area contributed by atoms with E-state index in [0.717, 1.165) is 5.56 Å². The Morgan fingerprint density at radius 3 is 2.80 bits per heavy atom. The lowest BCUT2D eigenvalue weighted by molar-refractivity contribution is 0.579. The van der Waals surface area contributed by atoms with Crippen molar-refractivity contribution in [1.29, 1.82) is 0 Å². The molecule has 0 aromatic carbocycles. The zero-order chi connectivity index (χ0) is 7.56. The van der Waals surface area contributed by atoms with E-state index in [9.17, 15) is 4.39 Å². The SMILES string of the molecule is Fc1cc(CBr)cc(I)n1. The molecule has 1 aromatic heterocycles. The molecular formula is C6H4BrFIN. The summed E-state index contributed by atoms with van der Waals surface area (Å²) in [5, 5.41) is 0.669. The van der Waals surface area contributed by atoms with E-state index in [1.54, 1.807) is 0 Å². The van der Waals surface area contributed by atoms with Crippen molar-refractivity contribution in [2.75, 3.05) is 0 Å². The van der Waals surface area contributed by atoms with Gasteiger partial charge in [-0.2, -0.15) is 4.39 Å². The average molecular weight is 316 g/mol. The monoisotopic (exact) mass is 315 g/mol. The Morgan fingerprint density at radius 1 is 1.60 bits per heavy atom. The summed E-state index contributed by atoms with van der Waals surface area (Å²) in [4.78, 5) is 3.58. The molecule has 1 aromatic rings. The highest BCUT2D eigenvalue weighted by Gasteiger charge is 1.97. The topological polar surface area (TPSA) is 12.9 Å². The highest BCUT2D eigenvalue weighted by atomic mass is 127. The van der Waals surface area contributed by atoms with E-state index in [-0.39, 0.29) is 0 Å². The molecule has 4 heteroatoms. The quantitative estimate of drug-likeness (QED) is 0.441. The molecule has 0 bridgehead atoms. The predicted octanol–water partition coefficient (Wildman–Crippen LogP) is 2.72. The number of rotatable bonds is 1. The summed E-state index contributed by atoms with van der Waals surface area (Å²) in [5.41, 5.74) is 0.914. The Kier molecular flexibility index (Phi) is 3.03. The summed E-state index contributed by atoms with van der Waals surface area (Å²) < 4.78 is 13.2. The lowest BCUT2D eigenvalue weighted by atomic mass is 10.3. The van der Waals surface area contributed by atoms with Gasteiger partial charge in [-0.1, -0.05) is 15.9 Å². The molecule has 1 rings (SSSR count). The molecule has 1 nitrogen and oxygen atoms in total. The maximum Gasteiger partial charge on any atom is 0.214 e. The summed E-state index contributed by atoms with van der Waals surface area (Å²) in [6.07, 6.45) is 0. The molecule has 0 aliphatic rings. The Balaban J connectivity index is 3.06. The van der Waals surface area contributed by atoms with Gasteiger partial charge in [-0.15, -0.1) is 0 Å². The van der Waals surface area contributed by atoms with Crippen molar-refractivity contribution in [2.24, 2.45) is 0 Å². The van der Waals surface area contributed by atoms with E-state index in [1.807, 2.05) is 28.7 Å². The van der Waals surface area contributed by atoms with E-state index < -0.39 is 5.95 Å². The van der Waals surface area contributed by atoms with Crippen LogP contribution < -0.4 is 0 Å². The van der Waals surface area contributed by atoms with E-state index >= 15 is 0 Å². The first-order valence-corrected chi connectivity index (χ1v) is 4.80. The second-order valence-corrected chi connectivity index (χ2v) is 3.42. The summed E-state index contributed by atoms with van der Waals surface area (Å²) >= 11 is 5.21. The summed E-state index contributed by atoms with van der Waals surface area (Å²) in [6, 6.07) is 3.25. The number of hydrogen-bond donors (Lipinski definition) is 0. The first kappa shape index (κ1) is 8.39. The van der Waals surface area contributed by atoms with Gasteiger partial charge >= 0.3 is 0 Å². The standard InChI is InChI=1S/C6H4BrFIN/c7-3-4-1-5(8)10-6(9)2-4/h1-2H,3H2. The minimum Gasteiger partial charge on any atom is -0.214 e. The van der Waals surface area contributed by atoms with Crippen molar-refractivity contribution in [3.8, 4) is 0 Å². The second-order valence-electron chi connectivity index (χ2n) is 1.75. The molecule has 0 radical (unpaired) electrons. The number of hydrogen-bond acceptors (Lipinski definition) is 1. The third kappa shape index (κ3) is 2.16. The van der Waals surface area contributed by atoms with Crippen molar-refractivity contribution in [3.63, 3.8) is 0 Å². The van der Waals surface area contributed by atoms with Crippen molar-refractivity contribution in [3.05, 3.63) is 27.3 Å². The lowest BCUT2D eigenvalue weighted by Crippen LogP contribution is -1.88. The molecule has 0 atom stereocenters. The van der Waals surface area contributed by atoms with Gasteiger partial charge in [0.1, 0.15) is 3.70 Å². The number of alkyl halides is 1. The lowest BCUT2D eigenvalue weighted by Gasteiger charge is -1.95. The molecule has 0 saturated heterocycles. The Labute approximate surface area is 80.3 Å². The van der Waals surface area contributed by atoms with Crippen molar-refractivity contribution >= 4 is 38.5 Å². The third-order valence-electron chi connectivity index (χ3n) is 0.977. The van der Waals surface area contributed by atoms with Crippen LogP contribution in [0.2, 0.25) is 0 Å². The molecule has 54 valence electrons. The number of halogens is 3. The predicted molar refractivity (Wildman–Crippen MR) is 49.5 cm³/mol. The van der Waals surface area contributed by atoms with Gasteiger partial charge in [0.25, 0.3) is 0 Å². The van der Waals surface area contributed by atoms with Gasteiger partial charge < -0.3 is 0 Å². The van der Waals surface area contributed by atoms with Gasteiger partial charge in [0.05, 0.1) is 0 Å². The van der Waals surface area contributed by atoms with Gasteiger partial charge in [-0.25, -0.2) is 4.98 Å². The highest BCUT2D eigenvalue weighted by Crippen LogP contribution is 2.10. The van der Waals surface area contributed by atoms with Gasteiger partial charge in [0.2, 0.25) is 5.95 Å². The normalized spacial score (nSPS) is 9.90. The van der Waals surface area contributed by atoms with Crippen LogP contribution in [0.3, 0.4) is 0 Å². The van der Waals surface area contributed by atoms with Gasteiger partial charge in [0, 0.05) is 5.33 Å². The first-order valence-electron chi connectivity index (χ1n) is 2.60. The maximum atomic E-state index is 12.5. The highest BCUT2D eigenvalue weighted by molar-refractivity contribution is 14.1. The van der Waals surface area contributed by atoms with Gasteiger partial charge in [-0.05, 0) is 40.3 Å². The molecule has 0 fully saturated rings. The smallest absolute Gasteiger partial charge is 0.214 e. The summed E-state index contributed by atoms with van der Waals surface area (Å²) in [7, 11) is 0. The zero-order valence-corrected chi connectivity index (χ0v) is 8.69. The molecule has 0 aliphatic heterocycles. The van der Waals surface area contributed by atoms with E-state index in [4.69, 9.17) is 0 Å². The summed E-state index contributed by atoms with van der Waals surface area (Å²) in [6.45, 7) is 0. The van der Waals surface area contributed by atoms with Crippen LogP contribution in [0.1, 0.15) is 5.56 Å². The molecule has 0 aliphatic carbocycles. The van der Waals surface area contributed by atoms with Crippen LogP contribution in [-0.2, 0) is 5.33 Å². The first-order chi connectivity index (χ1) is 4.72. The van der Waals surface area contributed by atoms with Crippen LogP contribution in [0.4, 0.5) is 4.39 Å². The molecule has 0 spiro atoms. The van der Waals surface area contributed by atoms with Crippen LogP contribution in [0, 0.1) is 9.65 Å². The molecule has 0 unspecified atom stereocenters. The van der Waals surface area contributed by atoms with E-state index in [0.29, 0.717) is 9.03 Å². The second kappa shape index (κ2) is 3.61. The third-order valence-corrected chi connectivity index (χ3v) is 2.18. The molecular weight excluding hydrogens is 312 g/mol. The maximum absolute atomic E-state index is 12.5. The molecule has 10 heavy (non-hydrogen) atoms. The van der Waals surface area contributed by atoms with Gasteiger partial charge in [-0.3, -0.25) is 0 Å². The van der Waals surface area contributed by atoms with Crippen molar-refractivity contribution < 1.29 is 4.39 Å². The minimum absolute atomic E-state index is 0.415. The minimum atomic E-state index is -0.415. The number of nitrogens with zero attached hydrogens (tertiary/aromatic N) is 1. The van der Waals surface area contributed by atoms with Gasteiger partial charge in [0.15, 0.2) is 0 Å². The van der Waals surface area contributed by atoms with Crippen molar-refractivity contribution in [2.45, 2.75) is 5.33 Å². The fraction of sp³-hybridized carbons (Fsp3) is 0.167. The zero-order valence-electron chi connectivity index (χ0n) is 4.94. The largest absolute Gasteiger partial charge is 0.214 e.